The Balaban J connectivity index is 1.35. The summed E-state index contributed by atoms with van der Waals surface area (Å²) in [6.07, 6.45) is 0.869. The number of nitrogens with zero attached hydrogens (tertiary/aromatic N) is 2. The van der Waals surface area contributed by atoms with E-state index in [0.717, 1.165) is 5.56 Å². The molecule has 0 unspecified atom stereocenters. The smallest absolute Gasteiger partial charge is 0.407 e. The molecule has 5 atom stereocenters. The summed E-state index contributed by atoms with van der Waals surface area (Å²) < 4.78 is 44.8. The molecular weight excluding hydrogens is 715 g/mol. The molecule has 2 aliphatic carbocycles. The van der Waals surface area contributed by atoms with E-state index in [0.29, 0.717) is 40.9 Å². The van der Waals surface area contributed by atoms with Gasteiger partial charge in [-0.15, -0.1) is 6.58 Å². The first kappa shape index (κ1) is 38.5. The van der Waals surface area contributed by atoms with Crippen LogP contribution >= 0.6 is 0 Å². The van der Waals surface area contributed by atoms with Crippen molar-refractivity contribution in [2.75, 3.05) is 20.3 Å². The predicted molar refractivity (Wildman–Crippen MR) is 201 cm³/mol. The van der Waals surface area contributed by atoms with Crippen LogP contribution in [0.15, 0.2) is 67.3 Å². The second-order valence-corrected chi connectivity index (χ2v) is 17.1. The van der Waals surface area contributed by atoms with Crippen LogP contribution in [-0.4, -0.2) is 85.4 Å². The number of fused-ring (bicyclic) bond motifs is 1. The second-order valence-electron chi connectivity index (χ2n) is 15.1. The molecule has 2 aromatic carbocycles. The molecular formula is C39H47N5O9S. The lowest BCUT2D eigenvalue weighted by Gasteiger charge is -2.35. The van der Waals surface area contributed by atoms with E-state index < -0.39 is 74.1 Å². The minimum absolute atomic E-state index is 0.0192. The van der Waals surface area contributed by atoms with Crippen LogP contribution in [0.25, 0.3) is 22.2 Å². The number of sulfonamides is 1. The first-order valence-electron chi connectivity index (χ1n) is 18.1. The number of amides is 4. The molecule has 3 aromatic rings. The van der Waals surface area contributed by atoms with Crippen molar-refractivity contribution in [2.24, 2.45) is 17.3 Å². The van der Waals surface area contributed by atoms with Crippen LogP contribution in [0.4, 0.5) is 4.79 Å². The number of benzene rings is 2. The third kappa shape index (κ3) is 8.00. The number of carbonyl (C=O) groups excluding carboxylic acids is 4. The number of hydrogen-bond donors (Lipinski definition) is 3. The lowest BCUT2D eigenvalue weighted by Crippen LogP contribution is -2.57. The minimum Gasteiger partial charge on any atom is -0.497 e. The number of methoxy groups -OCH3 is 1. The molecule has 3 aliphatic rings. The van der Waals surface area contributed by atoms with Gasteiger partial charge < -0.3 is 29.7 Å². The minimum atomic E-state index is -3.88. The summed E-state index contributed by atoms with van der Waals surface area (Å²) in [4.78, 5) is 61.0. The summed E-state index contributed by atoms with van der Waals surface area (Å²) in [6, 6.07) is 15.6. The highest BCUT2D eigenvalue weighted by Crippen LogP contribution is 2.46. The Hall–Kier alpha value is -5.18. The maximum atomic E-state index is 14.5. The molecule has 2 saturated carbocycles. The maximum absolute atomic E-state index is 14.5. The van der Waals surface area contributed by atoms with Crippen LogP contribution in [0.5, 0.6) is 11.5 Å². The quantitative estimate of drug-likeness (QED) is 0.213. The van der Waals surface area contributed by atoms with Crippen LogP contribution in [0, 0.1) is 17.3 Å². The third-order valence-electron chi connectivity index (χ3n) is 10.1. The van der Waals surface area contributed by atoms with Gasteiger partial charge in [-0.2, -0.15) is 0 Å². The van der Waals surface area contributed by atoms with Crippen LogP contribution < -0.4 is 24.8 Å². The van der Waals surface area contributed by atoms with Gasteiger partial charge in [-0.3, -0.25) is 19.1 Å². The SMILES string of the molecule is C=C[C@@H]1C[C@]1(NC(=O)[C@@H]1C[C@H](Oc2cc(-c3ccccc3)nc3cc(OC)ccc23)N(C(=O)[C@@H](NC(=O)OCC)C(C)(C)C)C1)C(=O)NS(=O)(=O)C1CC1. The molecule has 14 nitrogen and oxygen atoms in total. The van der Waals surface area contributed by atoms with Crippen LogP contribution in [0.1, 0.15) is 53.4 Å². The molecule has 54 heavy (non-hydrogen) atoms. The van der Waals surface area contributed by atoms with Crippen molar-refractivity contribution in [3.05, 3.63) is 67.3 Å². The van der Waals surface area contributed by atoms with Gasteiger partial charge in [-0.05, 0) is 43.7 Å². The lowest BCUT2D eigenvalue weighted by atomic mass is 9.86. The van der Waals surface area contributed by atoms with Crippen molar-refractivity contribution in [3.8, 4) is 22.8 Å². The molecule has 1 aromatic heterocycles. The molecule has 1 aliphatic heterocycles. The molecule has 0 radical (unpaired) electrons. The van der Waals surface area contributed by atoms with Gasteiger partial charge in [0.25, 0.3) is 5.91 Å². The van der Waals surface area contributed by atoms with Gasteiger partial charge in [0.2, 0.25) is 21.8 Å². The summed E-state index contributed by atoms with van der Waals surface area (Å²) in [5.74, 6) is -2.26. The van der Waals surface area contributed by atoms with Crippen molar-refractivity contribution >= 4 is 44.7 Å². The zero-order valence-electron chi connectivity index (χ0n) is 31.1. The highest BCUT2D eigenvalue weighted by molar-refractivity contribution is 7.91. The van der Waals surface area contributed by atoms with Gasteiger partial charge in [0.1, 0.15) is 23.1 Å². The van der Waals surface area contributed by atoms with E-state index in [1.807, 2.05) is 30.3 Å². The van der Waals surface area contributed by atoms with Crippen molar-refractivity contribution < 1.29 is 41.8 Å². The van der Waals surface area contributed by atoms with Gasteiger partial charge in [0.15, 0.2) is 6.23 Å². The predicted octanol–water partition coefficient (Wildman–Crippen LogP) is 4.29. The number of nitrogens with one attached hydrogen (secondary N) is 3. The van der Waals surface area contributed by atoms with E-state index in [9.17, 15) is 27.6 Å². The van der Waals surface area contributed by atoms with Crippen LogP contribution in [0.2, 0.25) is 0 Å². The van der Waals surface area contributed by atoms with Gasteiger partial charge in [-0.25, -0.2) is 18.2 Å². The fraction of sp³-hybridized carbons (Fsp3) is 0.462. The fourth-order valence-corrected chi connectivity index (χ4v) is 8.14. The zero-order chi connectivity index (χ0) is 39.0. The summed E-state index contributed by atoms with van der Waals surface area (Å²) in [5, 5.41) is 5.52. The number of hydrogen-bond acceptors (Lipinski definition) is 10. The Labute approximate surface area is 315 Å². The molecule has 3 fully saturated rings. The van der Waals surface area contributed by atoms with Crippen molar-refractivity contribution in [2.45, 2.75) is 76.4 Å². The zero-order valence-corrected chi connectivity index (χ0v) is 31.9. The average molecular weight is 762 g/mol. The maximum Gasteiger partial charge on any atom is 0.407 e. The Kier molecular flexibility index (Phi) is 10.6. The number of carbonyl (C=O) groups is 4. The van der Waals surface area contributed by atoms with Gasteiger partial charge >= 0.3 is 6.09 Å². The highest BCUT2D eigenvalue weighted by atomic mass is 32.2. The Morgan fingerprint density at radius 3 is 2.43 bits per heavy atom. The Morgan fingerprint density at radius 2 is 1.81 bits per heavy atom. The topological polar surface area (TPSA) is 182 Å². The third-order valence-corrected chi connectivity index (χ3v) is 11.9. The Morgan fingerprint density at radius 1 is 1.09 bits per heavy atom. The van der Waals surface area contributed by atoms with Crippen LogP contribution in [0.3, 0.4) is 0 Å². The molecule has 3 N–H and O–H groups in total. The Bertz CT molecular complexity index is 2070. The standard InChI is InChI=1S/C39H47N5O9S/c1-7-25-21-39(25,36(47)43-54(49,50)27-15-16-27)42-34(45)24-18-32(44(22-24)35(46)33(38(3,4)5)41-37(48)52-8-2)53-31-20-29(23-12-10-9-11-13-23)40-30-19-26(51-6)14-17-28(30)31/h7,9-14,17,19-20,24-25,27,32-33H,1,8,15-16,18,21-22H2,2-6H3,(H,41,48)(H,42,45)(H,43,47)/t24-,25-,32+,33-,39-/m1/s1. The van der Waals surface area contributed by atoms with Gasteiger partial charge in [0, 0.05) is 42.0 Å². The summed E-state index contributed by atoms with van der Waals surface area (Å²) in [7, 11) is -2.32. The van der Waals surface area contributed by atoms with Crippen molar-refractivity contribution in [1.82, 2.24) is 25.2 Å². The molecule has 4 amide bonds. The van der Waals surface area contributed by atoms with E-state index >= 15 is 0 Å². The highest BCUT2D eigenvalue weighted by Gasteiger charge is 2.61. The molecule has 2 heterocycles. The fourth-order valence-electron chi connectivity index (χ4n) is 6.78. The average Bonchev–Trinajstić information content (AvgIpc) is 4.07. The normalized spacial score (nSPS) is 22.8. The number of aromatic nitrogens is 1. The van der Waals surface area contributed by atoms with E-state index in [2.05, 4.69) is 21.9 Å². The molecule has 15 heteroatoms. The van der Waals surface area contributed by atoms with Crippen LogP contribution in [-0.2, 0) is 29.1 Å². The largest absolute Gasteiger partial charge is 0.497 e. The molecule has 288 valence electrons. The molecule has 0 spiro atoms. The van der Waals surface area contributed by atoms with E-state index in [1.165, 1.54) is 11.0 Å². The first-order valence-corrected chi connectivity index (χ1v) is 19.6. The van der Waals surface area contributed by atoms with Gasteiger partial charge in [-0.1, -0.05) is 57.2 Å². The number of alkyl carbamates (subject to hydrolysis) is 1. The van der Waals surface area contributed by atoms with Crippen molar-refractivity contribution in [1.29, 1.82) is 0 Å². The number of pyridine rings is 1. The summed E-state index contributed by atoms with van der Waals surface area (Å²) in [6.45, 7) is 10.8. The molecule has 6 rings (SSSR count). The van der Waals surface area contributed by atoms with E-state index in [-0.39, 0.29) is 26.0 Å². The monoisotopic (exact) mass is 761 g/mol. The molecule has 1 saturated heterocycles. The first-order chi connectivity index (χ1) is 25.6. The van der Waals surface area contributed by atoms with E-state index in [1.54, 1.807) is 59.1 Å². The van der Waals surface area contributed by atoms with E-state index in [4.69, 9.17) is 19.2 Å². The van der Waals surface area contributed by atoms with Crippen molar-refractivity contribution in [3.63, 3.8) is 0 Å². The molecule has 0 bridgehead atoms. The number of likely N-dealkylation sites (tertiary alicyclic amines) is 1. The number of rotatable bonds is 13. The summed E-state index contributed by atoms with van der Waals surface area (Å²) >= 11 is 0. The lowest BCUT2D eigenvalue weighted by molar-refractivity contribution is -0.141. The van der Waals surface area contributed by atoms with Gasteiger partial charge in [0.05, 0.1) is 36.1 Å². The number of ether oxygens (including phenoxy) is 3. The second kappa shape index (κ2) is 14.9. The summed E-state index contributed by atoms with van der Waals surface area (Å²) in [5.41, 5.74) is -0.283.